The fraction of sp³-hybridized carbons (Fsp3) is 0.375. The second-order valence-electron chi connectivity index (χ2n) is 8.50. The van der Waals surface area contributed by atoms with Crippen LogP contribution in [0.25, 0.3) is 0 Å². The number of methoxy groups -OCH3 is 2. The molecule has 32 heavy (non-hydrogen) atoms. The molecule has 0 bridgehead atoms. The van der Waals surface area contributed by atoms with Gasteiger partial charge in [0.05, 0.1) is 26.3 Å². The molecule has 1 N–H and O–H groups in total. The Hall–Kier alpha value is -3.60. The topological polar surface area (TPSA) is 95.6 Å². The van der Waals surface area contributed by atoms with Gasteiger partial charge in [-0.05, 0) is 35.2 Å². The molecule has 0 saturated carbocycles. The predicted molar refractivity (Wildman–Crippen MR) is 117 cm³/mol. The fourth-order valence-electron chi connectivity index (χ4n) is 3.75. The number of Topliss-reactive ketones (excluding diaryl/α,β-unsaturated/α-hetero) is 1. The van der Waals surface area contributed by atoms with Gasteiger partial charge in [-0.25, -0.2) is 4.39 Å². The Morgan fingerprint density at radius 2 is 1.94 bits per heavy atom. The molecule has 1 heterocycles. The number of nitriles is 1. The van der Waals surface area contributed by atoms with Crippen LogP contribution in [-0.4, -0.2) is 43.9 Å². The number of carbonyl (C=O) groups excluding carboxylic acids is 1. The van der Waals surface area contributed by atoms with E-state index < -0.39 is 5.82 Å². The summed E-state index contributed by atoms with van der Waals surface area (Å²) in [4.78, 5) is 14.6. The third-order valence-electron chi connectivity index (χ3n) is 5.34. The first-order chi connectivity index (χ1) is 15.1. The third-order valence-corrected chi connectivity index (χ3v) is 5.34. The van der Waals surface area contributed by atoms with Crippen molar-refractivity contribution < 1.29 is 23.4 Å². The maximum absolute atomic E-state index is 14.9. The summed E-state index contributed by atoms with van der Waals surface area (Å²) in [7, 11) is 2.76. The summed E-state index contributed by atoms with van der Waals surface area (Å²) in [5.41, 5.74) is 1.63. The van der Waals surface area contributed by atoms with Crippen molar-refractivity contribution in [2.24, 2.45) is 0 Å². The van der Waals surface area contributed by atoms with Crippen molar-refractivity contribution in [3.05, 3.63) is 52.3 Å². The summed E-state index contributed by atoms with van der Waals surface area (Å²) in [5, 5.41) is 17.2. The lowest BCUT2D eigenvalue weighted by Gasteiger charge is -2.23. The molecule has 8 heteroatoms. The largest absolute Gasteiger partial charge is 0.493 e. The minimum atomic E-state index is -0.671. The number of benzene rings is 2. The molecule has 2 aromatic carbocycles. The van der Waals surface area contributed by atoms with E-state index in [1.807, 2.05) is 26.8 Å². The summed E-state index contributed by atoms with van der Waals surface area (Å²) in [6, 6.07) is 8.67. The Kier molecular flexibility index (Phi) is 6.40. The molecule has 0 spiro atoms. The Bertz CT molecular complexity index is 1120. The average molecular weight is 439 g/mol. The molecule has 0 unspecified atom stereocenters. The van der Waals surface area contributed by atoms with Crippen LogP contribution >= 0.6 is 0 Å². The van der Waals surface area contributed by atoms with Crippen LogP contribution in [0.2, 0.25) is 0 Å². The number of fused-ring (bicyclic) bond motifs is 1. The lowest BCUT2D eigenvalue weighted by Crippen LogP contribution is -2.30. The van der Waals surface area contributed by atoms with Gasteiger partial charge < -0.3 is 19.1 Å². The number of nitrogens with zero attached hydrogens (tertiary/aromatic N) is 2. The zero-order valence-electron chi connectivity index (χ0n) is 18.8. The zero-order chi connectivity index (χ0) is 23.6. The van der Waals surface area contributed by atoms with E-state index in [-0.39, 0.29) is 53.8 Å². The van der Waals surface area contributed by atoms with E-state index in [4.69, 9.17) is 24.9 Å². The molecule has 0 aromatic heterocycles. The Morgan fingerprint density at radius 3 is 2.53 bits per heavy atom. The van der Waals surface area contributed by atoms with Crippen molar-refractivity contribution >= 4 is 11.6 Å². The van der Waals surface area contributed by atoms with E-state index >= 15 is 0 Å². The van der Waals surface area contributed by atoms with Gasteiger partial charge in [-0.1, -0.05) is 20.8 Å². The smallest absolute Gasteiger partial charge is 0.197 e. The number of halogens is 1. The zero-order valence-corrected chi connectivity index (χ0v) is 18.8. The van der Waals surface area contributed by atoms with Crippen LogP contribution in [-0.2, 0) is 12.0 Å². The van der Waals surface area contributed by atoms with Crippen molar-refractivity contribution in [1.82, 2.24) is 4.90 Å². The van der Waals surface area contributed by atoms with Crippen molar-refractivity contribution in [2.45, 2.75) is 32.7 Å². The molecule has 0 fully saturated rings. The summed E-state index contributed by atoms with van der Waals surface area (Å²) >= 11 is 0. The van der Waals surface area contributed by atoms with Crippen LogP contribution in [0.3, 0.4) is 0 Å². The van der Waals surface area contributed by atoms with Gasteiger partial charge in [-0.2, -0.15) is 5.26 Å². The van der Waals surface area contributed by atoms with Gasteiger partial charge in [0, 0.05) is 17.7 Å². The predicted octanol–water partition coefficient (Wildman–Crippen LogP) is 4.07. The lowest BCUT2D eigenvalue weighted by molar-refractivity contribution is 0.0962. The molecule has 7 nitrogen and oxygen atoms in total. The Balaban J connectivity index is 1.87. The number of rotatable bonds is 7. The lowest BCUT2D eigenvalue weighted by atomic mass is 9.85. The Labute approximate surface area is 186 Å². The first-order valence-corrected chi connectivity index (χ1v) is 10.1. The summed E-state index contributed by atoms with van der Waals surface area (Å²) in [6.07, 6.45) is 0. The third kappa shape index (κ3) is 4.24. The second-order valence-corrected chi connectivity index (χ2v) is 8.50. The number of ether oxygens (including phenoxy) is 3. The second kappa shape index (κ2) is 8.87. The molecule has 0 atom stereocenters. The number of nitrogens with one attached hydrogen (secondary N) is 1. The van der Waals surface area contributed by atoms with Crippen LogP contribution in [0.15, 0.2) is 24.3 Å². The van der Waals surface area contributed by atoms with E-state index in [1.165, 1.54) is 19.1 Å². The number of ketones is 1. The monoisotopic (exact) mass is 439 g/mol. The molecular weight excluding hydrogens is 413 g/mol. The molecule has 168 valence electrons. The van der Waals surface area contributed by atoms with E-state index in [2.05, 4.69) is 0 Å². The highest BCUT2D eigenvalue weighted by Gasteiger charge is 2.33. The fourth-order valence-corrected chi connectivity index (χ4v) is 3.75. The van der Waals surface area contributed by atoms with E-state index in [0.29, 0.717) is 16.9 Å². The van der Waals surface area contributed by atoms with Crippen molar-refractivity contribution in [2.75, 3.05) is 27.4 Å². The van der Waals surface area contributed by atoms with Crippen molar-refractivity contribution in [3.63, 3.8) is 0 Å². The number of hydrogen-bond donors (Lipinski definition) is 1. The highest BCUT2D eigenvalue weighted by Crippen LogP contribution is 2.38. The van der Waals surface area contributed by atoms with Crippen LogP contribution < -0.4 is 14.2 Å². The molecule has 0 amide bonds. The van der Waals surface area contributed by atoms with Gasteiger partial charge >= 0.3 is 0 Å². The summed E-state index contributed by atoms with van der Waals surface area (Å²) in [6.45, 7) is 6.02. The van der Waals surface area contributed by atoms with Gasteiger partial charge in [-0.15, -0.1) is 0 Å². The molecule has 0 saturated heterocycles. The minimum absolute atomic E-state index is 0.0630. The molecule has 1 aliphatic heterocycles. The van der Waals surface area contributed by atoms with Crippen LogP contribution in [0, 0.1) is 22.6 Å². The molecule has 0 radical (unpaired) electrons. The number of carbonyl (C=O) groups is 1. The van der Waals surface area contributed by atoms with E-state index in [9.17, 15) is 9.18 Å². The average Bonchev–Trinajstić information content (AvgIpc) is 3.06. The maximum Gasteiger partial charge on any atom is 0.197 e. The number of hydrogen-bond acceptors (Lipinski definition) is 6. The van der Waals surface area contributed by atoms with E-state index in [1.54, 1.807) is 24.3 Å². The van der Waals surface area contributed by atoms with Crippen molar-refractivity contribution in [1.29, 1.82) is 10.7 Å². The summed E-state index contributed by atoms with van der Waals surface area (Å²) in [5.74, 6) is -0.218. The SMILES string of the molecule is COc1cc2c(c(F)c1OC)C(=N)N(CC(=O)c1ccc(OCC#N)c(C(C)(C)C)c1)C2. The van der Waals surface area contributed by atoms with Crippen LogP contribution in [0.1, 0.15) is 47.8 Å². The highest BCUT2D eigenvalue weighted by atomic mass is 19.1. The first kappa shape index (κ1) is 23.1. The summed E-state index contributed by atoms with van der Waals surface area (Å²) < 4.78 is 30.7. The molecule has 1 aliphatic rings. The maximum atomic E-state index is 14.9. The molecule has 2 aromatic rings. The van der Waals surface area contributed by atoms with Crippen molar-refractivity contribution in [3.8, 4) is 23.3 Å². The standard InChI is InChI=1S/C24H26FN3O4/c1-24(2,3)16-10-14(6-7-18(16)32-9-8-26)17(29)13-28-12-15-11-19(30-4)22(31-5)21(25)20(15)23(28)27/h6-7,10-11,27H,9,12-13H2,1-5H3. The highest BCUT2D eigenvalue weighted by molar-refractivity contribution is 6.05. The van der Waals surface area contributed by atoms with Gasteiger partial charge in [-0.3, -0.25) is 10.2 Å². The quantitative estimate of drug-likeness (QED) is 0.654. The molecular formula is C24H26FN3O4. The van der Waals surface area contributed by atoms with Gasteiger partial charge in [0.2, 0.25) is 0 Å². The van der Waals surface area contributed by atoms with Gasteiger partial charge in [0.25, 0.3) is 0 Å². The van der Waals surface area contributed by atoms with Gasteiger partial charge in [0.1, 0.15) is 17.7 Å². The minimum Gasteiger partial charge on any atom is -0.493 e. The molecule has 0 aliphatic carbocycles. The number of amidine groups is 1. The first-order valence-electron chi connectivity index (χ1n) is 10.1. The Morgan fingerprint density at radius 1 is 1.22 bits per heavy atom. The van der Waals surface area contributed by atoms with Crippen LogP contribution in [0.5, 0.6) is 17.2 Å². The van der Waals surface area contributed by atoms with E-state index in [0.717, 1.165) is 5.56 Å². The normalized spacial score (nSPS) is 12.9. The van der Waals surface area contributed by atoms with Crippen LogP contribution in [0.4, 0.5) is 4.39 Å². The van der Waals surface area contributed by atoms with Gasteiger partial charge in [0.15, 0.2) is 29.7 Å². The molecule has 3 rings (SSSR count).